The normalized spacial score (nSPS) is 14.6. The monoisotopic (exact) mass is 305 g/mol. The number of nitrogens with zero attached hydrogens (tertiary/aromatic N) is 3. The van der Waals surface area contributed by atoms with Crippen molar-refractivity contribution in [3.8, 4) is 0 Å². The third-order valence-corrected chi connectivity index (χ3v) is 5.10. The summed E-state index contributed by atoms with van der Waals surface area (Å²) in [5.41, 5.74) is 0.792. The van der Waals surface area contributed by atoms with Gasteiger partial charge in [0.1, 0.15) is 21.9 Å². The van der Waals surface area contributed by atoms with Crippen LogP contribution < -0.4 is 4.90 Å². The number of carboxylic acids is 1. The highest BCUT2D eigenvalue weighted by Gasteiger charge is 2.32. The molecule has 3 rings (SSSR count). The molecule has 112 valence electrons. The van der Waals surface area contributed by atoms with E-state index >= 15 is 0 Å². The average Bonchev–Trinajstić information content (AvgIpc) is 3.23. The number of rotatable bonds is 6. The Morgan fingerprint density at radius 2 is 2.24 bits per heavy atom. The first-order chi connectivity index (χ1) is 10.1. The van der Waals surface area contributed by atoms with E-state index in [9.17, 15) is 9.90 Å². The number of unbranched alkanes of at least 4 members (excludes halogenated alkanes) is 1. The molecule has 2 aromatic heterocycles. The van der Waals surface area contributed by atoms with Crippen molar-refractivity contribution in [1.29, 1.82) is 0 Å². The lowest BCUT2D eigenvalue weighted by Gasteiger charge is -2.24. The average molecular weight is 305 g/mol. The van der Waals surface area contributed by atoms with Crippen molar-refractivity contribution in [3.05, 3.63) is 16.8 Å². The molecule has 1 saturated carbocycles. The van der Waals surface area contributed by atoms with Crippen molar-refractivity contribution in [2.45, 2.75) is 45.6 Å². The molecule has 2 heterocycles. The van der Waals surface area contributed by atoms with E-state index in [0.717, 1.165) is 41.0 Å². The second-order valence-corrected chi connectivity index (χ2v) is 6.52. The smallest absolute Gasteiger partial charge is 0.346 e. The fourth-order valence-corrected chi connectivity index (χ4v) is 3.63. The van der Waals surface area contributed by atoms with Gasteiger partial charge in [0.15, 0.2) is 0 Å². The molecule has 1 aliphatic carbocycles. The quantitative estimate of drug-likeness (QED) is 0.885. The summed E-state index contributed by atoms with van der Waals surface area (Å²) in [6.45, 7) is 5.02. The van der Waals surface area contributed by atoms with Crippen LogP contribution in [0.15, 0.2) is 6.33 Å². The van der Waals surface area contributed by atoms with Crippen LogP contribution in [0.1, 0.15) is 47.8 Å². The molecule has 0 atom stereocenters. The zero-order valence-electron chi connectivity index (χ0n) is 12.3. The van der Waals surface area contributed by atoms with Gasteiger partial charge in [-0.05, 0) is 31.7 Å². The highest BCUT2D eigenvalue weighted by Crippen LogP contribution is 2.39. The molecule has 1 N–H and O–H groups in total. The predicted molar refractivity (Wildman–Crippen MR) is 84.4 cm³/mol. The van der Waals surface area contributed by atoms with Crippen molar-refractivity contribution in [1.82, 2.24) is 9.97 Å². The van der Waals surface area contributed by atoms with Gasteiger partial charge in [0.25, 0.3) is 0 Å². The number of hydrogen-bond donors (Lipinski definition) is 1. The molecule has 1 fully saturated rings. The van der Waals surface area contributed by atoms with Gasteiger partial charge >= 0.3 is 5.97 Å². The topological polar surface area (TPSA) is 66.3 Å². The molecule has 2 aromatic rings. The van der Waals surface area contributed by atoms with Gasteiger partial charge in [-0.3, -0.25) is 0 Å². The number of anilines is 1. The third kappa shape index (κ3) is 2.60. The first-order valence-corrected chi connectivity index (χ1v) is 8.19. The molecule has 1 aliphatic rings. The molecule has 0 aliphatic heterocycles. The number of aromatic carboxylic acids is 1. The number of fused-ring (bicyclic) bond motifs is 1. The summed E-state index contributed by atoms with van der Waals surface area (Å²) in [5.74, 6) is 0.0326. The molecule has 0 saturated heterocycles. The molecule has 0 aromatic carbocycles. The van der Waals surface area contributed by atoms with Gasteiger partial charge in [-0.25, -0.2) is 14.8 Å². The van der Waals surface area contributed by atoms with E-state index in [0.29, 0.717) is 10.9 Å². The summed E-state index contributed by atoms with van der Waals surface area (Å²) < 4.78 is 0. The van der Waals surface area contributed by atoms with E-state index in [1.165, 1.54) is 24.2 Å². The van der Waals surface area contributed by atoms with E-state index in [4.69, 9.17) is 0 Å². The molecule has 0 radical (unpaired) electrons. The van der Waals surface area contributed by atoms with Crippen molar-refractivity contribution < 1.29 is 9.90 Å². The number of hydrogen-bond acceptors (Lipinski definition) is 5. The van der Waals surface area contributed by atoms with E-state index in [1.807, 2.05) is 6.92 Å². The predicted octanol–water partition coefficient (Wildman–Crippen LogP) is 3.47. The molecule has 0 bridgehead atoms. The first kappa shape index (κ1) is 14.3. The SMILES string of the molecule is CCCCN(c1ncnc2sc(C(=O)O)c(C)c12)C1CC1. The fraction of sp³-hybridized carbons (Fsp3) is 0.533. The molecular weight excluding hydrogens is 286 g/mol. The van der Waals surface area contributed by atoms with Gasteiger partial charge in [0.05, 0.1) is 5.39 Å². The molecule has 0 unspecified atom stereocenters. The Balaban J connectivity index is 2.10. The highest BCUT2D eigenvalue weighted by atomic mass is 32.1. The Kier molecular flexibility index (Phi) is 3.80. The summed E-state index contributed by atoms with van der Waals surface area (Å²) in [4.78, 5) is 23.6. The van der Waals surface area contributed by atoms with Crippen molar-refractivity contribution >= 4 is 33.3 Å². The standard InChI is InChI=1S/C15H19N3O2S/c1-3-4-7-18(10-5-6-10)13-11-9(2)12(15(19)20)21-14(11)17-8-16-13/h8,10H,3-7H2,1-2H3,(H,19,20). The zero-order chi connectivity index (χ0) is 15.0. The van der Waals surface area contributed by atoms with Gasteiger partial charge in [-0.15, -0.1) is 11.3 Å². The number of thiophene rings is 1. The van der Waals surface area contributed by atoms with Gasteiger partial charge in [0, 0.05) is 12.6 Å². The number of carbonyl (C=O) groups is 1. The Hall–Kier alpha value is -1.69. The lowest BCUT2D eigenvalue weighted by molar-refractivity contribution is 0.0701. The Morgan fingerprint density at radius 1 is 1.48 bits per heavy atom. The second-order valence-electron chi connectivity index (χ2n) is 5.52. The maximum absolute atomic E-state index is 11.3. The van der Waals surface area contributed by atoms with Crippen LogP contribution in [0.25, 0.3) is 10.2 Å². The number of aromatic nitrogens is 2. The number of carboxylic acid groups (broad SMARTS) is 1. The van der Waals surface area contributed by atoms with Gasteiger partial charge < -0.3 is 10.0 Å². The minimum Gasteiger partial charge on any atom is -0.477 e. The molecule has 21 heavy (non-hydrogen) atoms. The zero-order valence-corrected chi connectivity index (χ0v) is 13.1. The van der Waals surface area contributed by atoms with Gasteiger partial charge in [-0.1, -0.05) is 13.3 Å². The lowest BCUT2D eigenvalue weighted by atomic mass is 10.2. The third-order valence-electron chi connectivity index (χ3n) is 3.91. The van der Waals surface area contributed by atoms with Crippen LogP contribution in [0.5, 0.6) is 0 Å². The van der Waals surface area contributed by atoms with Crippen LogP contribution in [0, 0.1) is 6.92 Å². The Bertz CT molecular complexity index is 679. The largest absolute Gasteiger partial charge is 0.477 e. The second kappa shape index (κ2) is 5.60. The van der Waals surface area contributed by atoms with Gasteiger partial charge in [0.2, 0.25) is 0 Å². The number of aryl methyl sites for hydroxylation is 1. The fourth-order valence-electron chi connectivity index (χ4n) is 2.65. The summed E-state index contributed by atoms with van der Waals surface area (Å²) in [6.07, 6.45) is 6.21. The maximum atomic E-state index is 11.3. The molecule has 6 heteroatoms. The minimum absolute atomic E-state index is 0.373. The van der Waals surface area contributed by atoms with Crippen LogP contribution in [0.3, 0.4) is 0 Å². The highest BCUT2D eigenvalue weighted by molar-refractivity contribution is 7.20. The van der Waals surface area contributed by atoms with Gasteiger partial charge in [-0.2, -0.15) is 0 Å². The molecular formula is C15H19N3O2S. The summed E-state index contributed by atoms with van der Waals surface area (Å²) in [7, 11) is 0. The first-order valence-electron chi connectivity index (χ1n) is 7.37. The van der Waals surface area contributed by atoms with E-state index in [2.05, 4.69) is 21.8 Å². The molecule has 0 amide bonds. The Morgan fingerprint density at radius 3 is 2.86 bits per heavy atom. The van der Waals surface area contributed by atoms with Crippen LogP contribution in [0.4, 0.5) is 5.82 Å². The summed E-state index contributed by atoms with van der Waals surface area (Å²) >= 11 is 1.24. The summed E-state index contributed by atoms with van der Waals surface area (Å²) in [5, 5.41) is 10.2. The van der Waals surface area contributed by atoms with Crippen molar-refractivity contribution in [2.24, 2.45) is 0 Å². The molecule has 5 nitrogen and oxygen atoms in total. The van der Waals surface area contributed by atoms with Crippen LogP contribution in [-0.2, 0) is 0 Å². The van der Waals surface area contributed by atoms with Crippen LogP contribution in [0.2, 0.25) is 0 Å². The van der Waals surface area contributed by atoms with Crippen LogP contribution in [-0.4, -0.2) is 33.6 Å². The Labute approximate surface area is 127 Å². The molecule has 0 spiro atoms. The van der Waals surface area contributed by atoms with E-state index < -0.39 is 5.97 Å². The van der Waals surface area contributed by atoms with Crippen molar-refractivity contribution in [2.75, 3.05) is 11.4 Å². The summed E-state index contributed by atoms with van der Waals surface area (Å²) in [6, 6.07) is 0.558. The van der Waals surface area contributed by atoms with E-state index in [-0.39, 0.29) is 0 Å². The van der Waals surface area contributed by atoms with Crippen molar-refractivity contribution in [3.63, 3.8) is 0 Å². The minimum atomic E-state index is -0.881. The van der Waals surface area contributed by atoms with Crippen LogP contribution >= 0.6 is 11.3 Å². The maximum Gasteiger partial charge on any atom is 0.346 e. The van der Waals surface area contributed by atoms with E-state index in [1.54, 1.807) is 6.33 Å². The lowest BCUT2D eigenvalue weighted by Crippen LogP contribution is -2.28.